The SMILES string of the molecule is CC1(C)[C@H](NC(=O)c2ccc(N3CCC(CN4CCN(c5ccc6c(=O)n(C7CCC(=O)NC7=O)ncc6c5)CC4)CC3)nn2)C(C)(C)[C@H]1Oc1ccc(C#N)c(Cl)c1. The highest BCUT2D eigenvalue weighted by Crippen LogP contribution is 2.55. The zero-order chi connectivity index (χ0) is 41.6. The minimum atomic E-state index is -0.787. The Balaban J connectivity index is 0.792. The molecule has 5 heterocycles. The van der Waals surface area contributed by atoms with Gasteiger partial charge in [-0.3, -0.25) is 29.4 Å². The van der Waals surface area contributed by atoms with Crippen LogP contribution in [0, 0.1) is 28.1 Å². The van der Waals surface area contributed by atoms with Crippen molar-refractivity contribution in [2.75, 3.05) is 55.6 Å². The molecule has 1 atom stereocenters. The largest absolute Gasteiger partial charge is 0.489 e. The molecular formula is C43H49ClN10O5. The number of piperidine rings is 2. The van der Waals surface area contributed by atoms with Gasteiger partial charge < -0.3 is 19.9 Å². The number of nitrogens with one attached hydrogen (secondary N) is 2. The first-order valence-corrected chi connectivity index (χ1v) is 20.7. The molecular weight excluding hydrogens is 772 g/mol. The van der Waals surface area contributed by atoms with E-state index in [4.69, 9.17) is 16.3 Å². The van der Waals surface area contributed by atoms with Gasteiger partial charge in [0.05, 0.1) is 22.2 Å². The van der Waals surface area contributed by atoms with Crippen LogP contribution in [0.3, 0.4) is 0 Å². The van der Waals surface area contributed by atoms with Gasteiger partial charge >= 0.3 is 0 Å². The van der Waals surface area contributed by atoms with Crippen molar-refractivity contribution >= 4 is 51.6 Å². The van der Waals surface area contributed by atoms with Gasteiger partial charge in [0, 0.05) is 86.2 Å². The molecule has 1 unspecified atom stereocenters. The van der Waals surface area contributed by atoms with E-state index in [1.54, 1.807) is 30.5 Å². The van der Waals surface area contributed by atoms with Crippen LogP contribution >= 0.6 is 11.6 Å². The van der Waals surface area contributed by atoms with Crippen LogP contribution in [0.5, 0.6) is 5.75 Å². The number of piperazine rings is 1. The smallest absolute Gasteiger partial charge is 0.275 e. The van der Waals surface area contributed by atoms with E-state index in [1.165, 1.54) is 4.68 Å². The number of anilines is 2. The summed E-state index contributed by atoms with van der Waals surface area (Å²) in [6, 6.07) is 15.5. The highest BCUT2D eigenvalue weighted by molar-refractivity contribution is 6.31. The first kappa shape index (κ1) is 40.2. The van der Waals surface area contributed by atoms with E-state index in [1.807, 2.05) is 24.3 Å². The summed E-state index contributed by atoms with van der Waals surface area (Å²) in [4.78, 5) is 57.7. The second kappa shape index (κ2) is 15.9. The molecule has 2 N–H and O–H groups in total. The Bertz CT molecular complexity index is 2360. The Labute approximate surface area is 347 Å². The second-order valence-electron chi connectivity index (χ2n) is 17.4. The normalized spacial score (nSPS) is 23.3. The van der Waals surface area contributed by atoms with Gasteiger partial charge in [-0.15, -0.1) is 10.2 Å². The van der Waals surface area contributed by atoms with Gasteiger partial charge in [0.2, 0.25) is 5.91 Å². The molecule has 0 bridgehead atoms. The topological polar surface area (TPSA) is 179 Å². The van der Waals surface area contributed by atoms with Crippen molar-refractivity contribution in [3.05, 3.63) is 81.4 Å². The van der Waals surface area contributed by atoms with Crippen LogP contribution in [0.4, 0.5) is 11.5 Å². The Morgan fingerprint density at radius 1 is 0.932 bits per heavy atom. The molecule has 3 aliphatic heterocycles. The van der Waals surface area contributed by atoms with Crippen molar-refractivity contribution in [3.63, 3.8) is 0 Å². The minimum absolute atomic E-state index is 0.179. The summed E-state index contributed by atoms with van der Waals surface area (Å²) in [5.41, 5.74) is 0.583. The van der Waals surface area contributed by atoms with Crippen LogP contribution in [-0.4, -0.2) is 101 Å². The van der Waals surface area contributed by atoms with E-state index in [-0.39, 0.29) is 48.1 Å². The van der Waals surface area contributed by atoms with Crippen LogP contribution in [0.15, 0.2) is 59.5 Å². The lowest BCUT2D eigenvalue weighted by molar-refractivity contribution is -0.164. The summed E-state index contributed by atoms with van der Waals surface area (Å²) in [5.74, 6) is 0.829. The molecule has 59 heavy (non-hydrogen) atoms. The number of carbonyl (C=O) groups excluding carboxylic acids is 3. The van der Waals surface area contributed by atoms with Gasteiger partial charge in [0.25, 0.3) is 17.4 Å². The zero-order valence-electron chi connectivity index (χ0n) is 33.8. The van der Waals surface area contributed by atoms with Gasteiger partial charge in [-0.05, 0) is 67.6 Å². The quantitative estimate of drug-likeness (QED) is 0.229. The predicted molar refractivity (Wildman–Crippen MR) is 222 cm³/mol. The molecule has 1 aliphatic carbocycles. The number of carbonyl (C=O) groups is 3. The number of nitriles is 1. The highest BCUT2D eigenvalue weighted by Gasteiger charge is 2.64. The monoisotopic (exact) mass is 820 g/mol. The van der Waals surface area contributed by atoms with Crippen molar-refractivity contribution < 1.29 is 19.1 Å². The molecule has 4 aromatic rings. The number of aromatic nitrogens is 4. The number of amides is 3. The van der Waals surface area contributed by atoms with Crippen LogP contribution in [-0.2, 0) is 9.59 Å². The Hall–Kier alpha value is -5.59. The maximum absolute atomic E-state index is 13.4. The molecule has 0 spiro atoms. The van der Waals surface area contributed by atoms with E-state index in [0.29, 0.717) is 27.6 Å². The lowest BCUT2D eigenvalue weighted by Gasteiger charge is -2.63. The molecule has 2 aromatic heterocycles. The molecule has 4 fully saturated rings. The van der Waals surface area contributed by atoms with E-state index < -0.39 is 22.8 Å². The molecule has 16 heteroatoms. The van der Waals surface area contributed by atoms with E-state index in [9.17, 15) is 24.4 Å². The molecule has 15 nitrogen and oxygen atoms in total. The standard InChI is InChI=1S/C43H49ClN10O5/c1-42(2)40(43(3,4)41(42)59-30-7-5-27(23-45)32(44)22-30)48-37(56)33-9-11-35(50-49-33)53-15-13-26(14-16-53)25-51-17-19-52(20-18-51)29-6-8-31-28(21-29)24-46-54(39(31)58)34-10-12-36(55)47-38(34)57/h5-9,11,21-22,24,26,34,40-41H,10,12-20,25H2,1-4H3,(H,48,56)(H,47,55,57)/t34?,40-,41-. The molecule has 4 aliphatic rings. The number of nitrogens with zero attached hydrogens (tertiary/aromatic N) is 8. The van der Waals surface area contributed by atoms with E-state index in [2.05, 4.69) is 74.4 Å². The number of hydrogen-bond donors (Lipinski definition) is 2. The summed E-state index contributed by atoms with van der Waals surface area (Å²) in [6.07, 6.45) is 3.95. The molecule has 1 saturated carbocycles. The molecule has 8 rings (SSSR count). The van der Waals surface area contributed by atoms with Crippen molar-refractivity contribution in [3.8, 4) is 11.8 Å². The summed E-state index contributed by atoms with van der Waals surface area (Å²) >= 11 is 6.24. The Morgan fingerprint density at radius 3 is 2.34 bits per heavy atom. The first-order chi connectivity index (χ1) is 28.2. The van der Waals surface area contributed by atoms with Gasteiger partial charge in [-0.1, -0.05) is 39.3 Å². The van der Waals surface area contributed by atoms with Crippen molar-refractivity contribution in [1.29, 1.82) is 5.26 Å². The molecule has 308 valence electrons. The summed E-state index contributed by atoms with van der Waals surface area (Å²) in [7, 11) is 0. The van der Waals surface area contributed by atoms with Gasteiger partial charge in [0.15, 0.2) is 11.5 Å². The van der Waals surface area contributed by atoms with Gasteiger partial charge in [-0.25, -0.2) is 4.68 Å². The predicted octanol–water partition coefficient (Wildman–Crippen LogP) is 4.34. The third-order valence-electron chi connectivity index (χ3n) is 12.8. The van der Waals surface area contributed by atoms with E-state index in [0.717, 1.165) is 75.5 Å². The van der Waals surface area contributed by atoms with E-state index >= 15 is 0 Å². The summed E-state index contributed by atoms with van der Waals surface area (Å²) < 4.78 is 7.56. The fraction of sp³-hybridized carbons (Fsp3) is 0.488. The lowest BCUT2D eigenvalue weighted by atomic mass is 9.49. The van der Waals surface area contributed by atoms with Crippen LogP contribution in [0.2, 0.25) is 5.02 Å². The van der Waals surface area contributed by atoms with Gasteiger partial charge in [0.1, 0.15) is 24.0 Å². The highest BCUT2D eigenvalue weighted by atomic mass is 35.5. The van der Waals surface area contributed by atoms with Crippen LogP contribution in [0.1, 0.15) is 75.5 Å². The van der Waals surface area contributed by atoms with Crippen molar-refractivity contribution in [2.45, 2.75) is 71.6 Å². The number of fused-ring (bicyclic) bond motifs is 1. The number of halogens is 1. The number of ether oxygens (including phenoxy) is 1. The zero-order valence-corrected chi connectivity index (χ0v) is 34.5. The van der Waals surface area contributed by atoms with Crippen LogP contribution in [0.25, 0.3) is 10.8 Å². The second-order valence-corrected chi connectivity index (χ2v) is 17.8. The average molecular weight is 821 g/mol. The van der Waals surface area contributed by atoms with Crippen LogP contribution < -0.4 is 30.7 Å². The average Bonchev–Trinajstić information content (AvgIpc) is 3.22. The van der Waals surface area contributed by atoms with Gasteiger partial charge in [-0.2, -0.15) is 10.4 Å². The number of hydrogen-bond acceptors (Lipinski definition) is 12. The Kier molecular flexibility index (Phi) is 10.8. The molecule has 0 radical (unpaired) electrons. The number of imide groups is 1. The van der Waals surface area contributed by atoms with Crippen molar-refractivity contribution in [2.24, 2.45) is 16.7 Å². The fourth-order valence-corrected chi connectivity index (χ4v) is 10.0. The Morgan fingerprint density at radius 2 is 1.68 bits per heavy atom. The van der Waals surface area contributed by atoms with Crippen molar-refractivity contribution in [1.82, 2.24) is 35.5 Å². The third-order valence-corrected chi connectivity index (χ3v) is 13.1. The molecule has 3 saturated heterocycles. The molecule has 3 amide bonds. The lowest BCUT2D eigenvalue weighted by Crippen LogP contribution is -2.74. The third kappa shape index (κ3) is 7.83. The minimum Gasteiger partial charge on any atom is -0.489 e. The summed E-state index contributed by atoms with van der Waals surface area (Å²) in [6.45, 7) is 14.7. The summed E-state index contributed by atoms with van der Waals surface area (Å²) in [5, 5.41) is 29.4. The number of rotatable bonds is 9. The molecule has 2 aromatic carbocycles. The maximum atomic E-state index is 13.4. The fourth-order valence-electron chi connectivity index (χ4n) is 9.80. The first-order valence-electron chi connectivity index (χ1n) is 20.3. The maximum Gasteiger partial charge on any atom is 0.275 e. The number of benzene rings is 2.